The van der Waals surface area contributed by atoms with E-state index < -0.39 is 11.9 Å². The number of hydrogen-bond acceptors (Lipinski definition) is 7. The molecule has 7 nitrogen and oxygen atoms in total. The van der Waals surface area contributed by atoms with Gasteiger partial charge in [-0.15, -0.1) is 0 Å². The number of carbonyl (C=O) groups is 1. The average Bonchev–Trinajstić information content (AvgIpc) is 2.67. The zero-order valence-electron chi connectivity index (χ0n) is 16.0. The zero-order valence-corrected chi connectivity index (χ0v) is 16.0. The van der Waals surface area contributed by atoms with Gasteiger partial charge in [-0.25, -0.2) is 4.79 Å². The molecule has 0 saturated carbocycles. The molecule has 1 aromatic carbocycles. The predicted molar refractivity (Wildman–Crippen MR) is 98.8 cm³/mol. The number of methoxy groups -OCH3 is 2. The first kappa shape index (κ1) is 20.2. The standard InChI is InChI=1S/C20H24N2O5/c1-5-7-15-18(20(23)26-6-2)17(13(11-21)19(22)27-15)12-8-9-14(24-3)16(10-12)25-4/h8-10,17H,5-7,22H2,1-4H3. The van der Waals surface area contributed by atoms with Gasteiger partial charge in [-0.1, -0.05) is 13.0 Å². The van der Waals surface area contributed by atoms with E-state index in [9.17, 15) is 10.1 Å². The van der Waals surface area contributed by atoms with Crippen molar-refractivity contribution in [2.45, 2.75) is 32.6 Å². The van der Waals surface area contributed by atoms with Gasteiger partial charge in [-0.3, -0.25) is 0 Å². The molecule has 1 aliphatic rings. The number of rotatable bonds is 7. The van der Waals surface area contributed by atoms with Gasteiger partial charge in [0.1, 0.15) is 17.4 Å². The van der Waals surface area contributed by atoms with E-state index in [1.54, 1.807) is 25.1 Å². The first-order valence-electron chi connectivity index (χ1n) is 8.71. The van der Waals surface area contributed by atoms with E-state index >= 15 is 0 Å². The molecule has 2 N–H and O–H groups in total. The topological polar surface area (TPSA) is 104 Å². The molecule has 0 aliphatic carbocycles. The Balaban J connectivity index is 2.69. The summed E-state index contributed by atoms with van der Waals surface area (Å²) in [5.41, 5.74) is 7.10. The zero-order chi connectivity index (χ0) is 20.0. The molecule has 1 heterocycles. The molecule has 2 rings (SSSR count). The van der Waals surface area contributed by atoms with E-state index in [4.69, 9.17) is 24.7 Å². The number of hydrogen-bond donors (Lipinski definition) is 1. The van der Waals surface area contributed by atoms with E-state index in [1.807, 2.05) is 6.92 Å². The molecule has 0 saturated heterocycles. The van der Waals surface area contributed by atoms with Crippen molar-refractivity contribution < 1.29 is 23.7 Å². The van der Waals surface area contributed by atoms with Crippen molar-refractivity contribution in [3.05, 3.63) is 46.6 Å². The summed E-state index contributed by atoms with van der Waals surface area (Å²) in [6.45, 7) is 3.90. The van der Waals surface area contributed by atoms with Gasteiger partial charge >= 0.3 is 5.97 Å². The molecule has 0 radical (unpaired) electrons. The second-order valence-electron chi connectivity index (χ2n) is 5.85. The number of carbonyl (C=O) groups excluding carboxylic acids is 1. The summed E-state index contributed by atoms with van der Waals surface area (Å²) in [6, 6.07) is 7.29. The van der Waals surface area contributed by atoms with E-state index in [1.165, 1.54) is 14.2 Å². The number of nitrogens with two attached hydrogens (primary N) is 1. The van der Waals surface area contributed by atoms with E-state index in [0.29, 0.717) is 29.2 Å². The molecule has 7 heteroatoms. The Morgan fingerprint density at radius 2 is 1.96 bits per heavy atom. The summed E-state index contributed by atoms with van der Waals surface area (Å²) < 4.78 is 21.5. The summed E-state index contributed by atoms with van der Waals surface area (Å²) in [4.78, 5) is 12.7. The highest BCUT2D eigenvalue weighted by molar-refractivity contribution is 5.92. The van der Waals surface area contributed by atoms with E-state index in [2.05, 4.69) is 6.07 Å². The lowest BCUT2D eigenvalue weighted by Crippen LogP contribution is -2.26. The molecule has 1 atom stereocenters. The highest BCUT2D eigenvalue weighted by atomic mass is 16.5. The summed E-state index contributed by atoms with van der Waals surface area (Å²) in [7, 11) is 3.06. The van der Waals surface area contributed by atoms with Crippen LogP contribution in [0.4, 0.5) is 0 Å². The summed E-state index contributed by atoms with van der Waals surface area (Å²) in [5, 5.41) is 9.67. The lowest BCUT2D eigenvalue weighted by molar-refractivity contribution is -0.139. The molecule has 0 aromatic heterocycles. The molecular weight excluding hydrogens is 348 g/mol. The van der Waals surface area contributed by atoms with Crippen molar-refractivity contribution in [1.82, 2.24) is 0 Å². The van der Waals surface area contributed by atoms with Crippen LogP contribution in [0, 0.1) is 11.3 Å². The molecule has 0 spiro atoms. The fourth-order valence-corrected chi connectivity index (χ4v) is 3.03. The van der Waals surface area contributed by atoms with Gasteiger partial charge in [0.05, 0.1) is 32.3 Å². The normalized spacial score (nSPS) is 16.5. The molecule has 0 bridgehead atoms. The van der Waals surface area contributed by atoms with Crippen LogP contribution in [0.3, 0.4) is 0 Å². The van der Waals surface area contributed by atoms with Gasteiger partial charge in [0.25, 0.3) is 0 Å². The van der Waals surface area contributed by atoms with Gasteiger partial charge in [0.15, 0.2) is 11.5 Å². The number of allylic oxidation sites excluding steroid dienone is 2. The lowest BCUT2D eigenvalue weighted by Gasteiger charge is -2.28. The summed E-state index contributed by atoms with van der Waals surface area (Å²) in [5.74, 6) is 0.211. The lowest BCUT2D eigenvalue weighted by atomic mass is 9.82. The van der Waals surface area contributed by atoms with E-state index in [0.717, 1.165) is 6.42 Å². The third-order valence-corrected chi connectivity index (χ3v) is 4.21. The number of benzene rings is 1. The maximum atomic E-state index is 12.7. The monoisotopic (exact) mass is 372 g/mol. The van der Waals surface area contributed by atoms with Crippen LogP contribution >= 0.6 is 0 Å². The number of nitriles is 1. The summed E-state index contributed by atoms with van der Waals surface area (Å²) >= 11 is 0. The molecule has 1 aliphatic heterocycles. The Hall–Kier alpha value is -3.14. The molecule has 144 valence electrons. The first-order chi connectivity index (χ1) is 13.0. The maximum Gasteiger partial charge on any atom is 0.338 e. The fraction of sp³-hybridized carbons (Fsp3) is 0.400. The highest BCUT2D eigenvalue weighted by Crippen LogP contribution is 2.43. The van der Waals surface area contributed by atoms with Crippen molar-refractivity contribution in [3.8, 4) is 17.6 Å². The molecule has 0 fully saturated rings. The SMILES string of the molecule is CCCC1=C(C(=O)OCC)C(c2ccc(OC)c(OC)c2)C(C#N)=C(N)O1. The van der Waals surface area contributed by atoms with Crippen molar-refractivity contribution in [1.29, 1.82) is 5.26 Å². The molecule has 1 unspecified atom stereocenters. The molecular formula is C20H24N2O5. The van der Waals surface area contributed by atoms with Gasteiger partial charge in [0.2, 0.25) is 5.88 Å². The fourth-order valence-electron chi connectivity index (χ4n) is 3.03. The van der Waals surface area contributed by atoms with Crippen LogP contribution in [0.2, 0.25) is 0 Å². The van der Waals surface area contributed by atoms with Gasteiger partial charge in [-0.2, -0.15) is 5.26 Å². The van der Waals surface area contributed by atoms with Gasteiger partial charge in [-0.05, 0) is 31.0 Å². The third-order valence-electron chi connectivity index (χ3n) is 4.21. The summed E-state index contributed by atoms with van der Waals surface area (Å²) in [6.07, 6.45) is 1.24. The van der Waals surface area contributed by atoms with Crippen LogP contribution in [-0.2, 0) is 14.3 Å². The van der Waals surface area contributed by atoms with Crippen molar-refractivity contribution in [2.75, 3.05) is 20.8 Å². The van der Waals surface area contributed by atoms with Crippen molar-refractivity contribution in [3.63, 3.8) is 0 Å². The van der Waals surface area contributed by atoms with Crippen molar-refractivity contribution in [2.24, 2.45) is 5.73 Å². The smallest absolute Gasteiger partial charge is 0.338 e. The van der Waals surface area contributed by atoms with Gasteiger partial charge < -0.3 is 24.7 Å². The molecule has 27 heavy (non-hydrogen) atoms. The van der Waals surface area contributed by atoms with Crippen molar-refractivity contribution >= 4 is 5.97 Å². The minimum atomic E-state index is -0.704. The second-order valence-corrected chi connectivity index (χ2v) is 5.85. The average molecular weight is 372 g/mol. The minimum Gasteiger partial charge on any atom is -0.493 e. The minimum absolute atomic E-state index is 0.00576. The second kappa shape index (κ2) is 8.99. The van der Waals surface area contributed by atoms with Crippen LogP contribution in [0.1, 0.15) is 38.2 Å². The predicted octanol–water partition coefficient (Wildman–Crippen LogP) is 3.13. The van der Waals surface area contributed by atoms with Crippen LogP contribution in [-0.4, -0.2) is 26.8 Å². The molecule has 0 amide bonds. The highest BCUT2D eigenvalue weighted by Gasteiger charge is 2.37. The first-order valence-corrected chi connectivity index (χ1v) is 8.71. The number of esters is 1. The number of nitrogens with zero attached hydrogens (tertiary/aromatic N) is 1. The Morgan fingerprint density at radius 3 is 2.52 bits per heavy atom. The van der Waals surface area contributed by atoms with E-state index in [-0.39, 0.29) is 23.6 Å². The van der Waals surface area contributed by atoms with Crippen LogP contribution in [0.25, 0.3) is 0 Å². The largest absolute Gasteiger partial charge is 0.493 e. The van der Waals surface area contributed by atoms with Gasteiger partial charge in [0, 0.05) is 6.42 Å². The Labute approximate surface area is 159 Å². The van der Waals surface area contributed by atoms with Crippen LogP contribution in [0.5, 0.6) is 11.5 Å². The van der Waals surface area contributed by atoms with Crippen LogP contribution < -0.4 is 15.2 Å². The Kier molecular flexibility index (Phi) is 6.72. The maximum absolute atomic E-state index is 12.7. The third kappa shape index (κ3) is 4.00. The Bertz CT molecular complexity index is 820. The Morgan fingerprint density at radius 1 is 1.26 bits per heavy atom. The van der Waals surface area contributed by atoms with Crippen LogP contribution in [0.15, 0.2) is 41.0 Å². The molecule has 1 aromatic rings. The quantitative estimate of drug-likeness (QED) is 0.733. The number of ether oxygens (including phenoxy) is 4.